The molecule has 0 atom stereocenters. The quantitative estimate of drug-likeness (QED) is 0.345. The third-order valence-electron chi connectivity index (χ3n) is 2.74. The predicted octanol–water partition coefficient (Wildman–Crippen LogP) is 2.38. The van der Waals surface area contributed by atoms with E-state index in [0.717, 1.165) is 10.9 Å². The molecule has 3 nitrogen and oxygen atoms in total. The van der Waals surface area contributed by atoms with Crippen LogP contribution in [0, 0.1) is 0 Å². The van der Waals surface area contributed by atoms with Gasteiger partial charge in [-0.25, -0.2) is 0 Å². The Kier molecular flexibility index (Phi) is 1.90. The van der Waals surface area contributed by atoms with Gasteiger partial charge in [0.2, 0.25) is 0 Å². The van der Waals surface area contributed by atoms with Crippen LogP contribution in [0.4, 0.5) is 0 Å². The van der Waals surface area contributed by atoms with Crippen molar-refractivity contribution in [3.05, 3.63) is 60.2 Å². The van der Waals surface area contributed by atoms with E-state index < -0.39 is 0 Å². The van der Waals surface area contributed by atoms with Crippen molar-refractivity contribution in [1.29, 1.82) is 0 Å². The number of nitrogens with zero attached hydrogens (tertiary/aromatic N) is 2. The smallest absolute Gasteiger partial charge is 0.106 e. The van der Waals surface area contributed by atoms with Crippen molar-refractivity contribution < 1.29 is 5.21 Å². The molecule has 2 heterocycles. The molecule has 16 heavy (non-hydrogen) atoms. The summed E-state index contributed by atoms with van der Waals surface area (Å²) in [6.45, 7) is 0. The summed E-state index contributed by atoms with van der Waals surface area (Å²) in [7, 11) is 0. The molecule has 0 aliphatic heterocycles. The second kappa shape index (κ2) is 3.38. The van der Waals surface area contributed by atoms with Gasteiger partial charge in [0.25, 0.3) is 0 Å². The zero-order valence-corrected chi connectivity index (χ0v) is 8.54. The number of fused-ring (bicyclic) bond motifs is 3. The van der Waals surface area contributed by atoms with Gasteiger partial charge in [-0.1, -0.05) is 29.4 Å². The van der Waals surface area contributed by atoms with Crippen molar-refractivity contribution in [2.45, 2.75) is 0 Å². The summed E-state index contributed by atoms with van der Waals surface area (Å²) in [6.07, 6.45) is 3.88. The Morgan fingerprint density at radius 1 is 1.00 bits per heavy atom. The molecule has 1 aromatic carbocycles. The Labute approximate surface area is 91.9 Å². The van der Waals surface area contributed by atoms with Crippen LogP contribution in [0.25, 0.3) is 16.3 Å². The van der Waals surface area contributed by atoms with E-state index >= 15 is 0 Å². The average molecular weight is 210 g/mol. The fraction of sp³-hybridized carbons (Fsp3) is 0. The molecule has 0 amide bonds. The number of rotatable bonds is 0. The first-order valence-electron chi connectivity index (χ1n) is 5.06. The Hall–Kier alpha value is -2.29. The van der Waals surface area contributed by atoms with Gasteiger partial charge in [0.15, 0.2) is 0 Å². The molecule has 0 saturated heterocycles. The van der Waals surface area contributed by atoms with Crippen LogP contribution in [0.3, 0.4) is 0 Å². The summed E-state index contributed by atoms with van der Waals surface area (Å²) in [6, 6.07) is 13.8. The summed E-state index contributed by atoms with van der Waals surface area (Å²) >= 11 is 0. The molecule has 0 spiro atoms. The van der Waals surface area contributed by atoms with Gasteiger partial charge in [0, 0.05) is 17.8 Å². The van der Waals surface area contributed by atoms with E-state index in [-0.39, 0.29) is 0 Å². The monoisotopic (exact) mass is 210 g/mol. The molecule has 3 aromatic rings. The van der Waals surface area contributed by atoms with E-state index in [0.29, 0.717) is 5.36 Å². The second-order valence-corrected chi connectivity index (χ2v) is 3.68. The Balaban J connectivity index is 2.57. The SMILES string of the molecule is ON=c1ccn2ccc3ccccc3c2c1. The van der Waals surface area contributed by atoms with Crippen LogP contribution in [0.1, 0.15) is 0 Å². The first-order chi connectivity index (χ1) is 7.88. The van der Waals surface area contributed by atoms with E-state index in [1.54, 1.807) is 6.07 Å². The van der Waals surface area contributed by atoms with E-state index in [1.807, 2.05) is 35.0 Å². The maximum atomic E-state index is 8.78. The summed E-state index contributed by atoms with van der Waals surface area (Å²) in [5, 5.41) is 14.9. The molecule has 2 aromatic heterocycles. The molecular formula is C13H10N2O. The zero-order chi connectivity index (χ0) is 11.0. The van der Waals surface area contributed by atoms with Crippen molar-refractivity contribution in [3.8, 4) is 0 Å². The van der Waals surface area contributed by atoms with E-state index in [2.05, 4.69) is 23.4 Å². The highest BCUT2D eigenvalue weighted by Gasteiger charge is 1.98. The summed E-state index contributed by atoms with van der Waals surface area (Å²) in [5.74, 6) is 0. The van der Waals surface area contributed by atoms with Crippen LogP contribution in [0.15, 0.2) is 60.0 Å². The highest BCUT2D eigenvalue weighted by molar-refractivity contribution is 5.95. The lowest BCUT2D eigenvalue weighted by molar-refractivity contribution is 0.302. The fourth-order valence-corrected chi connectivity index (χ4v) is 1.94. The van der Waals surface area contributed by atoms with Gasteiger partial charge >= 0.3 is 0 Å². The maximum Gasteiger partial charge on any atom is 0.106 e. The molecule has 0 saturated carbocycles. The van der Waals surface area contributed by atoms with Crippen LogP contribution in [-0.4, -0.2) is 9.61 Å². The van der Waals surface area contributed by atoms with Crippen molar-refractivity contribution >= 4 is 16.3 Å². The largest absolute Gasteiger partial charge is 0.410 e. The normalized spacial score (nSPS) is 12.4. The molecule has 1 N–H and O–H groups in total. The molecule has 0 bridgehead atoms. The molecule has 0 unspecified atom stereocenters. The lowest BCUT2D eigenvalue weighted by Gasteiger charge is -2.04. The van der Waals surface area contributed by atoms with Gasteiger partial charge in [-0.2, -0.15) is 0 Å². The molecule has 78 valence electrons. The molecule has 0 aliphatic rings. The first kappa shape index (κ1) is 8.97. The molecular weight excluding hydrogens is 200 g/mol. The predicted molar refractivity (Wildman–Crippen MR) is 62.3 cm³/mol. The van der Waals surface area contributed by atoms with Gasteiger partial charge in [-0.3, -0.25) is 0 Å². The Morgan fingerprint density at radius 2 is 1.81 bits per heavy atom. The molecule has 3 heteroatoms. The van der Waals surface area contributed by atoms with Gasteiger partial charge < -0.3 is 9.61 Å². The van der Waals surface area contributed by atoms with Crippen molar-refractivity contribution in [3.63, 3.8) is 0 Å². The van der Waals surface area contributed by atoms with Gasteiger partial charge in [0.1, 0.15) is 5.36 Å². The van der Waals surface area contributed by atoms with Crippen molar-refractivity contribution in [1.82, 2.24) is 4.40 Å². The Morgan fingerprint density at radius 3 is 2.69 bits per heavy atom. The summed E-state index contributed by atoms with van der Waals surface area (Å²) in [4.78, 5) is 0. The lowest BCUT2D eigenvalue weighted by atomic mass is 10.1. The van der Waals surface area contributed by atoms with Crippen LogP contribution < -0.4 is 5.36 Å². The number of aromatic nitrogens is 1. The molecule has 0 fully saturated rings. The van der Waals surface area contributed by atoms with E-state index in [1.165, 1.54) is 5.39 Å². The number of hydrogen-bond acceptors (Lipinski definition) is 2. The van der Waals surface area contributed by atoms with Crippen LogP contribution in [0.5, 0.6) is 0 Å². The summed E-state index contributed by atoms with van der Waals surface area (Å²) < 4.78 is 2.01. The van der Waals surface area contributed by atoms with Crippen molar-refractivity contribution in [2.75, 3.05) is 0 Å². The first-order valence-corrected chi connectivity index (χ1v) is 5.06. The number of benzene rings is 1. The Bertz CT molecular complexity index is 728. The molecule has 3 rings (SSSR count). The highest BCUT2D eigenvalue weighted by atomic mass is 16.4. The van der Waals surface area contributed by atoms with Gasteiger partial charge in [0.05, 0.1) is 5.52 Å². The fourth-order valence-electron chi connectivity index (χ4n) is 1.94. The van der Waals surface area contributed by atoms with E-state index in [9.17, 15) is 0 Å². The third-order valence-corrected chi connectivity index (χ3v) is 2.74. The molecule has 0 aliphatic carbocycles. The van der Waals surface area contributed by atoms with Gasteiger partial charge in [-0.15, -0.1) is 0 Å². The van der Waals surface area contributed by atoms with Crippen LogP contribution in [0.2, 0.25) is 0 Å². The maximum absolute atomic E-state index is 8.78. The second-order valence-electron chi connectivity index (χ2n) is 3.68. The minimum atomic E-state index is 0.566. The topological polar surface area (TPSA) is 37.0 Å². The number of pyridine rings is 2. The minimum Gasteiger partial charge on any atom is -0.410 e. The zero-order valence-electron chi connectivity index (χ0n) is 8.54. The van der Waals surface area contributed by atoms with E-state index in [4.69, 9.17) is 5.21 Å². The minimum absolute atomic E-state index is 0.566. The van der Waals surface area contributed by atoms with Crippen LogP contribution in [-0.2, 0) is 0 Å². The van der Waals surface area contributed by atoms with Crippen molar-refractivity contribution in [2.24, 2.45) is 5.16 Å². The average Bonchev–Trinajstić information content (AvgIpc) is 2.38. The highest BCUT2D eigenvalue weighted by Crippen LogP contribution is 2.17. The standard InChI is InChI=1S/C13H10N2O/c16-14-11-6-8-15-7-5-10-3-1-2-4-12(10)13(15)9-11/h1-9,16H. The number of hydrogen-bond donors (Lipinski definition) is 1. The molecule has 0 radical (unpaired) electrons. The third kappa shape index (κ3) is 1.26. The van der Waals surface area contributed by atoms with Crippen LogP contribution >= 0.6 is 0 Å². The van der Waals surface area contributed by atoms with Gasteiger partial charge in [-0.05, 0) is 23.6 Å². The summed E-state index contributed by atoms with van der Waals surface area (Å²) in [5.41, 5.74) is 1.04. The lowest BCUT2D eigenvalue weighted by Crippen LogP contribution is -2.02.